The molecule has 1 heteroatoms. The number of benzene rings is 2. The van der Waals surface area contributed by atoms with Gasteiger partial charge in [-0.05, 0) is 58.1 Å². The molecule has 0 fully saturated rings. The molecule has 24 heavy (non-hydrogen) atoms. The Morgan fingerprint density at radius 1 is 0.833 bits per heavy atom. The summed E-state index contributed by atoms with van der Waals surface area (Å²) in [5.41, 5.74) is 7.23. The summed E-state index contributed by atoms with van der Waals surface area (Å²) in [6, 6.07) is 10.8. The second-order valence-corrected chi connectivity index (χ2v) is 9.07. The van der Waals surface area contributed by atoms with E-state index in [2.05, 4.69) is 85.7 Å². The molecule has 0 aromatic heterocycles. The molecule has 0 amide bonds. The number of phenolic OH excluding ortho intramolecular Hbond substituents is 1. The highest BCUT2D eigenvalue weighted by atomic mass is 16.3. The van der Waals surface area contributed by atoms with Gasteiger partial charge in [-0.3, -0.25) is 0 Å². The smallest absolute Gasteiger partial charge is 0.122 e. The molecular formula is C23H32O. The number of aryl methyl sites for hydroxylation is 1. The summed E-state index contributed by atoms with van der Waals surface area (Å²) in [6.07, 6.45) is 0.770. The van der Waals surface area contributed by atoms with Crippen LogP contribution >= 0.6 is 0 Å². The van der Waals surface area contributed by atoms with Gasteiger partial charge in [-0.25, -0.2) is 0 Å². The Morgan fingerprint density at radius 2 is 1.46 bits per heavy atom. The highest BCUT2D eigenvalue weighted by Gasteiger charge is 2.25. The van der Waals surface area contributed by atoms with Gasteiger partial charge in [0.15, 0.2) is 0 Å². The molecule has 0 spiro atoms. The van der Waals surface area contributed by atoms with Gasteiger partial charge < -0.3 is 5.11 Å². The van der Waals surface area contributed by atoms with Gasteiger partial charge in [0, 0.05) is 6.42 Å². The van der Waals surface area contributed by atoms with Crippen molar-refractivity contribution in [2.45, 2.75) is 72.6 Å². The lowest BCUT2D eigenvalue weighted by atomic mass is 9.78. The van der Waals surface area contributed by atoms with Crippen LogP contribution in [0.5, 0.6) is 5.75 Å². The van der Waals surface area contributed by atoms with Gasteiger partial charge >= 0.3 is 0 Å². The fraction of sp³-hybridized carbons (Fsp3) is 0.478. The van der Waals surface area contributed by atoms with E-state index >= 15 is 0 Å². The lowest BCUT2D eigenvalue weighted by Gasteiger charge is -2.27. The first kappa shape index (κ1) is 18.6. The van der Waals surface area contributed by atoms with Crippen molar-refractivity contribution in [1.82, 2.24) is 0 Å². The molecule has 0 saturated heterocycles. The number of aromatic hydroxyl groups is 1. The molecule has 2 aromatic carbocycles. The molecule has 0 atom stereocenters. The summed E-state index contributed by atoms with van der Waals surface area (Å²) in [6.45, 7) is 17.5. The fourth-order valence-electron chi connectivity index (χ4n) is 3.04. The summed E-state index contributed by atoms with van der Waals surface area (Å²) < 4.78 is 0. The van der Waals surface area contributed by atoms with Gasteiger partial charge in [-0.1, -0.05) is 71.9 Å². The van der Waals surface area contributed by atoms with Crippen molar-refractivity contribution in [3.8, 4) is 5.75 Å². The molecule has 1 nitrogen and oxygen atoms in total. The second-order valence-electron chi connectivity index (χ2n) is 9.07. The summed E-state index contributed by atoms with van der Waals surface area (Å²) in [5, 5.41) is 10.9. The van der Waals surface area contributed by atoms with Crippen molar-refractivity contribution in [2.24, 2.45) is 0 Å². The van der Waals surface area contributed by atoms with E-state index in [1.54, 1.807) is 0 Å². The lowest BCUT2D eigenvalue weighted by Crippen LogP contribution is -2.17. The van der Waals surface area contributed by atoms with Crippen molar-refractivity contribution in [2.75, 3.05) is 0 Å². The van der Waals surface area contributed by atoms with E-state index < -0.39 is 0 Å². The molecule has 0 aliphatic heterocycles. The maximum absolute atomic E-state index is 10.9. The van der Waals surface area contributed by atoms with Crippen LogP contribution in [-0.2, 0) is 17.3 Å². The molecule has 1 N–H and O–H groups in total. The van der Waals surface area contributed by atoms with Crippen molar-refractivity contribution < 1.29 is 5.11 Å². The molecule has 0 heterocycles. The van der Waals surface area contributed by atoms with Crippen LogP contribution in [0.1, 0.15) is 74.9 Å². The van der Waals surface area contributed by atoms with Gasteiger partial charge in [-0.2, -0.15) is 0 Å². The SMILES string of the molecule is Cc1cccc(Cc2cc(C(C)(C)C)cc(C(C)(C)C)c2O)c1C. The minimum absolute atomic E-state index is 0.0596. The van der Waals surface area contributed by atoms with Crippen LogP contribution in [0.15, 0.2) is 30.3 Å². The molecule has 0 radical (unpaired) electrons. The first-order valence-corrected chi connectivity index (χ1v) is 8.83. The van der Waals surface area contributed by atoms with Crippen LogP contribution in [0.4, 0.5) is 0 Å². The highest BCUT2D eigenvalue weighted by molar-refractivity contribution is 5.51. The molecule has 0 aliphatic carbocycles. The van der Waals surface area contributed by atoms with E-state index in [1.165, 1.54) is 22.3 Å². The molecule has 130 valence electrons. The average Bonchev–Trinajstić information content (AvgIpc) is 2.43. The van der Waals surface area contributed by atoms with E-state index in [9.17, 15) is 5.11 Å². The van der Waals surface area contributed by atoms with Gasteiger partial charge in [0.2, 0.25) is 0 Å². The number of hydrogen-bond acceptors (Lipinski definition) is 1. The minimum Gasteiger partial charge on any atom is -0.507 e. The summed E-state index contributed by atoms with van der Waals surface area (Å²) in [4.78, 5) is 0. The van der Waals surface area contributed by atoms with Crippen molar-refractivity contribution in [1.29, 1.82) is 0 Å². The average molecular weight is 325 g/mol. The fourth-order valence-corrected chi connectivity index (χ4v) is 3.04. The van der Waals surface area contributed by atoms with E-state index in [1.807, 2.05) is 0 Å². The first-order valence-electron chi connectivity index (χ1n) is 8.83. The van der Waals surface area contributed by atoms with Crippen molar-refractivity contribution >= 4 is 0 Å². The topological polar surface area (TPSA) is 20.2 Å². The summed E-state index contributed by atoms with van der Waals surface area (Å²) >= 11 is 0. The van der Waals surface area contributed by atoms with Gasteiger partial charge in [0.25, 0.3) is 0 Å². The zero-order valence-electron chi connectivity index (χ0n) is 16.5. The van der Waals surface area contributed by atoms with Crippen LogP contribution in [0, 0.1) is 13.8 Å². The monoisotopic (exact) mass is 324 g/mol. The molecule has 0 unspecified atom stereocenters. The van der Waals surface area contributed by atoms with E-state index in [0.717, 1.165) is 17.5 Å². The van der Waals surface area contributed by atoms with E-state index in [0.29, 0.717) is 5.75 Å². The van der Waals surface area contributed by atoms with E-state index in [4.69, 9.17) is 0 Å². The van der Waals surface area contributed by atoms with Crippen LogP contribution in [-0.4, -0.2) is 5.11 Å². The Hall–Kier alpha value is -1.76. The minimum atomic E-state index is -0.0816. The number of rotatable bonds is 2. The predicted molar refractivity (Wildman–Crippen MR) is 104 cm³/mol. The third-order valence-corrected chi connectivity index (χ3v) is 4.96. The van der Waals surface area contributed by atoms with Crippen LogP contribution < -0.4 is 0 Å². The maximum Gasteiger partial charge on any atom is 0.122 e. The Labute approximate surface area is 147 Å². The number of phenols is 1. The van der Waals surface area contributed by atoms with Crippen LogP contribution in [0.2, 0.25) is 0 Å². The van der Waals surface area contributed by atoms with E-state index in [-0.39, 0.29) is 10.8 Å². The zero-order valence-corrected chi connectivity index (χ0v) is 16.5. The Bertz CT molecular complexity index is 740. The zero-order chi connectivity index (χ0) is 18.3. The molecule has 0 bridgehead atoms. The Kier molecular flexibility index (Phi) is 4.86. The molecule has 2 aromatic rings. The molecular weight excluding hydrogens is 292 g/mol. The first-order chi connectivity index (χ1) is 10.9. The quantitative estimate of drug-likeness (QED) is 0.698. The normalized spacial score (nSPS) is 12.5. The van der Waals surface area contributed by atoms with Crippen LogP contribution in [0.25, 0.3) is 0 Å². The molecule has 2 rings (SSSR count). The predicted octanol–water partition coefficient (Wildman–Crippen LogP) is 6.19. The lowest BCUT2D eigenvalue weighted by molar-refractivity contribution is 0.439. The third kappa shape index (κ3) is 3.83. The molecule has 0 saturated carbocycles. The van der Waals surface area contributed by atoms with Gasteiger partial charge in [-0.15, -0.1) is 0 Å². The van der Waals surface area contributed by atoms with Crippen LogP contribution in [0.3, 0.4) is 0 Å². The highest BCUT2D eigenvalue weighted by Crippen LogP contribution is 2.38. The number of hydrogen-bond donors (Lipinski definition) is 1. The Morgan fingerprint density at radius 3 is 2.00 bits per heavy atom. The maximum atomic E-state index is 10.9. The summed E-state index contributed by atoms with van der Waals surface area (Å²) in [7, 11) is 0. The van der Waals surface area contributed by atoms with Crippen molar-refractivity contribution in [3.05, 3.63) is 63.7 Å². The van der Waals surface area contributed by atoms with Crippen molar-refractivity contribution in [3.63, 3.8) is 0 Å². The largest absolute Gasteiger partial charge is 0.507 e. The third-order valence-electron chi connectivity index (χ3n) is 4.96. The summed E-state index contributed by atoms with van der Waals surface area (Å²) in [5.74, 6) is 0.455. The van der Waals surface area contributed by atoms with Gasteiger partial charge in [0.1, 0.15) is 5.75 Å². The molecule has 0 aliphatic rings. The van der Waals surface area contributed by atoms with Gasteiger partial charge in [0.05, 0.1) is 0 Å². The Balaban J connectivity index is 2.62. The standard InChI is InChI=1S/C23H32O/c1-15-10-9-11-17(16(15)2)12-18-13-19(22(3,4)5)14-20(21(18)24)23(6,7)8/h9-11,13-14,24H,12H2,1-8H3. The second kappa shape index (κ2) is 6.27.